The first-order valence-electron chi connectivity index (χ1n) is 3.67. The molecule has 0 aliphatic carbocycles. The Morgan fingerprint density at radius 2 is 2.23 bits per heavy atom. The van der Waals surface area contributed by atoms with E-state index in [-0.39, 0.29) is 6.42 Å². The molecule has 0 saturated heterocycles. The number of carboxylic acids is 1. The van der Waals surface area contributed by atoms with E-state index in [1.54, 1.807) is 12.1 Å². The van der Waals surface area contributed by atoms with Crippen LogP contribution in [0.2, 0.25) is 5.02 Å². The summed E-state index contributed by atoms with van der Waals surface area (Å²) in [5.41, 5.74) is 1.63. The van der Waals surface area contributed by atoms with E-state index in [9.17, 15) is 4.79 Å². The molecule has 0 aliphatic heterocycles. The molecule has 1 aromatic carbocycles. The Balaban J connectivity index is 3.08. The summed E-state index contributed by atoms with van der Waals surface area (Å²) in [7, 11) is 0. The zero-order valence-corrected chi connectivity index (χ0v) is 9.32. The van der Waals surface area contributed by atoms with Gasteiger partial charge < -0.3 is 5.11 Å². The summed E-state index contributed by atoms with van der Waals surface area (Å²) in [5, 5.41) is 9.08. The fraction of sp³-hybridized carbons (Fsp3) is 0.222. The van der Waals surface area contributed by atoms with Gasteiger partial charge in [-0.3, -0.25) is 4.79 Å². The Kier molecular flexibility index (Phi) is 3.33. The van der Waals surface area contributed by atoms with Crippen LogP contribution in [-0.4, -0.2) is 11.1 Å². The molecular formula is C9H8BrClO2. The first-order valence-corrected chi connectivity index (χ1v) is 4.84. The minimum atomic E-state index is -0.877. The minimum Gasteiger partial charge on any atom is -0.481 e. The number of carbonyl (C=O) groups is 1. The average Bonchev–Trinajstić information content (AvgIpc) is 1.99. The molecule has 0 atom stereocenters. The standard InChI is InChI=1S/C9H8BrClO2/c1-5-2-8(11)6(3-7(5)10)4-9(12)13/h2-3H,4H2,1H3,(H,12,13). The van der Waals surface area contributed by atoms with Gasteiger partial charge in [-0.15, -0.1) is 0 Å². The largest absolute Gasteiger partial charge is 0.481 e. The van der Waals surface area contributed by atoms with E-state index in [0.29, 0.717) is 10.6 Å². The molecule has 0 aromatic heterocycles. The number of carboxylic acid groups (broad SMARTS) is 1. The molecule has 13 heavy (non-hydrogen) atoms. The minimum absolute atomic E-state index is 0.0439. The highest BCUT2D eigenvalue weighted by atomic mass is 79.9. The second kappa shape index (κ2) is 4.11. The quantitative estimate of drug-likeness (QED) is 0.890. The van der Waals surface area contributed by atoms with Crippen LogP contribution in [0.4, 0.5) is 0 Å². The van der Waals surface area contributed by atoms with E-state index in [2.05, 4.69) is 15.9 Å². The van der Waals surface area contributed by atoms with Crippen LogP contribution in [-0.2, 0) is 11.2 Å². The number of aliphatic carboxylic acids is 1. The maximum atomic E-state index is 10.4. The fourth-order valence-corrected chi connectivity index (χ4v) is 1.66. The van der Waals surface area contributed by atoms with Crippen LogP contribution in [0.15, 0.2) is 16.6 Å². The number of hydrogen-bond acceptors (Lipinski definition) is 1. The molecule has 70 valence electrons. The molecule has 0 bridgehead atoms. The van der Waals surface area contributed by atoms with Crippen molar-refractivity contribution in [3.05, 3.63) is 32.8 Å². The van der Waals surface area contributed by atoms with E-state index in [4.69, 9.17) is 16.7 Å². The topological polar surface area (TPSA) is 37.3 Å². The van der Waals surface area contributed by atoms with Crippen LogP contribution >= 0.6 is 27.5 Å². The summed E-state index contributed by atoms with van der Waals surface area (Å²) < 4.78 is 0.883. The SMILES string of the molecule is Cc1cc(Cl)c(CC(=O)O)cc1Br. The van der Waals surface area contributed by atoms with Gasteiger partial charge in [-0.25, -0.2) is 0 Å². The van der Waals surface area contributed by atoms with Crippen molar-refractivity contribution >= 4 is 33.5 Å². The molecule has 0 amide bonds. The van der Waals surface area contributed by atoms with Gasteiger partial charge in [0.2, 0.25) is 0 Å². The third-order valence-corrected chi connectivity index (χ3v) is 2.88. The molecule has 0 heterocycles. The van der Waals surface area contributed by atoms with E-state index in [1.807, 2.05) is 6.92 Å². The second-order valence-corrected chi connectivity index (χ2v) is 4.02. The van der Waals surface area contributed by atoms with Gasteiger partial charge in [0, 0.05) is 9.50 Å². The Morgan fingerprint density at radius 3 is 2.77 bits per heavy atom. The van der Waals surface area contributed by atoms with Gasteiger partial charge >= 0.3 is 5.97 Å². The molecule has 0 aliphatic rings. The van der Waals surface area contributed by atoms with Crippen LogP contribution < -0.4 is 0 Å². The molecule has 2 nitrogen and oxygen atoms in total. The highest BCUT2D eigenvalue weighted by Crippen LogP contribution is 2.25. The lowest BCUT2D eigenvalue weighted by atomic mass is 10.1. The van der Waals surface area contributed by atoms with Crippen LogP contribution in [0.5, 0.6) is 0 Å². The first kappa shape index (κ1) is 10.5. The lowest BCUT2D eigenvalue weighted by Gasteiger charge is -2.04. The lowest BCUT2D eigenvalue weighted by molar-refractivity contribution is -0.136. The molecule has 0 fully saturated rings. The average molecular weight is 264 g/mol. The number of benzene rings is 1. The van der Waals surface area contributed by atoms with E-state index >= 15 is 0 Å². The smallest absolute Gasteiger partial charge is 0.307 e. The van der Waals surface area contributed by atoms with Crippen molar-refractivity contribution in [1.29, 1.82) is 0 Å². The molecule has 1 rings (SSSR count). The summed E-state index contributed by atoms with van der Waals surface area (Å²) in [5.74, 6) is -0.877. The third-order valence-electron chi connectivity index (χ3n) is 1.67. The van der Waals surface area contributed by atoms with E-state index in [0.717, 1.165) is 10.0 Å². The second-order valence-electron chi connectivity index (χ2n) is 2.76. The molecule has 0 unspecified atom stereocenters. The van der Waals surface area contributed by atoms with E-state index in [1.165, 1.54) is 0 Å². The van der Waals surface area contributed by atoms with Crippen molar-refractivity contribution in [3.63, 3.8) is 0 Å². The highest BCUT2D eigenvalue weighted by Gasteiger charge is 2.07. The zero-order valence-electron chi connectivity index (χ0n) is 6.97. The number of rotatable bonds is 2. The van der Waals surface area contributed by atoms with Crippen LogP contribution in [0, 0.1) is 6.92 Å². The monoisotopic (exact) mass is 262 g/mol. The molecule has 1 N–H and O–H groups in total. The molecule has 0 radical (unpaired) electrons. The third kappa shape index (κ3) is 2.71. The number of halogens is 2. The predicted molar refractivity (Wildman–Crippen MR) is 55.2 cm³/mol. The van der Waals surface area contributed by atoms with Crippen molar-refractivity contribution in [2.24, 2.45) is 0 Å². The van der Waals surface area contributed by atoms with Gasteiger partial charge in [0.15, 0.2) is 0 Å². The van der Waals surface area contributed by atoms with Crippen molar-refractivity contribution in [1.82, 2.24) is 0 Å². The highest BCUT2D eigenvalue weighted by molar-refractivity contribution is 9.10. The van der Waals surface area contributed by atoms with Crippen LogP contribution in [0.25, 0.3) is 0 Å². The summed E-state index contributed by atoms with van der Waals surface area (Å²) in [4.78, 5) is 10.4. The number of aryl methyl sites for hydroxylation is 1. The van der Waals surface area contributed by atoms with Crippen LogP contribution in [0.3, 0.4) is 0 Å². The Hall–Kier alpha value is -0.540. The molecule has 4 heteroatoms. The summed E-state index contributed by atoms with van der Waals surface area (Å²) in [6.07, 6.45) is -0.0439. The maximum absolute atomic E-state index is 10.4. The molecular weight excluding hydrogens is 255 g/mol. The Bertz CT molecular complexity index is 350. The Labute approximate surface area is 89.7 Å². The van der Waals surface area contributed by atoms with Gasteiger partial charge in [-0.05, 0) is 30.2 Å². The van der Waals surface area contributed by atoms with Gasteiger partial charge in [0.25, 0.3) is 0 Å². The van der Waals surface area contributed by atoms with Crippen molar-refractivity contribution in [2.75, 3.05) is 0 Å². The van der Waals surface area contributed by atoms with Gasteiger partial charge in [-0.1, -0.05) is 27.5 Å². The van der Waals surface area contributed by atoms with Crippen molar-refractivity contribution in [2.45, 2.75) is 13.3 Å². The number of hydrogen-bond donors (Lipinski definition) is 1. The van der Waals surface area contributed by atoms with Crippen molar-refractivity contribution in [3.8, 4) is 0 Å². The van der Waals surface area contributed by atoms with Crippen molar-refractivity contribution < 1.29 is 9.90 Å². The summed E-state index contributed by atoms with van der Waals surface area (Å²) in [6, 6.07) is 3.50. The maximum Gasteiger partial charge on any atom is 0.307 e. The lowest BCUT2D eigenvalue weighted by Crippen LogP contribution is -2.01. The summed E-state index contributed by atoms with van der Waals surface area (Å²) in [6.45, 7) is 1.90. The van der Waals surface area contributed by atoms with E-state index < -0.39 is 5.97 Å². The Morgan fingerprint density at radius 1 is 1.62 bits per heavy atom. The fourth-order valence-electron chi connectivity index (χ4n) is 0.986. The first-order chi connectivity index (χ1) is 6.00. The molecule has 0 spiro atoms. The molecule has 1 aromatic rings. The van der Waals surface area contributed by atoms with Gasteiger partial charge in [0.1, 0.15) is 0 Å². The van der Waals surface area contributed by atoms with Gasteiger partial charge in [0.05, 0.1) is 6.42 Å². The molecule has 0 saturated carbocycles. The van der Waals surface area contributed by atoms with Crippen LogP contribution in [0.1, 0.15) is 11.1 Å². The zero-order chi connectivity index (χ0) is 10.0. The normalized spacial score (nSPS) is 10.1. The summed E-state index contributed by atoms with van der Waals surface area (Å²) >= 11 is 9.18. The van der Waals surface area contributed by atoms with Gasteiger partial charge in [-0.2, -0.15) is 0 Å². The predicted octanol–water partition coefficient (Wildman–Crippen LogP) is 3.04.